The molecular weight excluding hydrogens is 513 g/mol. The molecule has 2 aromatic heterocycles. The number of nitrogens with one attached hydrogen (secondary N) is 1. The van der Waals surface area contributed by atoms with E-state index in [-0.39, 0.29) is 22.6 Å². The van der Waals surface area contributed by atoms with E-state index in [4.69, 9.17) is 0 Å². The lowest BCUT2D eigenvalue weighted by Crippen LogP contribution is -2.43. The molecule has 2 atom stereocenters. The first kappa shape index (κ1) is 25.6. The summed E-state index contributed by atoms with van der Waals surface area (Å²) in [6, 6.07) is 6.57. The maximum Gasteiger partial charge on any atom is 0.243 e. The van der Waals surface area contributed by atoms with Crippen molar-refractivity contribution >= 4 is 54.9 Å². The molecule has 1 aliphatic heterocycles. The van der Waals surface area contributed by atoms with Gasteiger partial charge in [-0.25, -0.2) is 18.4 Å². The Balaban J connectivity index is 1.24. The quantitative estimate of drug-likeness (QED) is 0.312. The molecule has 1 saturated heterocycles. The Morgan fingerprint density at radius 2 is 2.00 bits per heavy atom. The summed E-state index contributed by atoms with van der Waals surface area (Å²) in [7, 11) is -3.54. The molecule has 192 valence electrons. The van der Waals surface area contributed by atoms with Crippen molar-refractivity contribution in [2.75, 3.05) is 17.6 Å². The van der Waals surface area contributed by atoms with Crippen LogP contribution in [0, 0.1) is 5.92 Å². The monoisotopic (exact) mass is 544 g/mol. The fourth-order valence-corrected chi connectivity index (χ4v) is 9.24. The summed E-state index contributed by atoms with van der Waals surface area (Å²) < 4.78 is 28.0. The van der Waals surface area contributed by atoms with E-state index in [1.165, 1.54) is 28.6 Å². The number of fused-ring (bicyclic) bond motifs is 3. The van der Waals surface area contributed by atoms with Crippen LogP contribution in [0.5, 0.6) is 0 Å². The van der Waals surface area contributed by atoms with Gasteiger partial charge in [-0.1, -0.05) is 32.0 Å². The van der Waals surface area contributed by atoms with Crippen molar-refractivity contribution in [3.8, 4) is 0 Å². The molecule has 2 aliphatic rings. The maximum absolute atomic E-state index is 13.2. The first-order valence-electron chi connectivity index (χ1n) is 12.7. The van der Waals surface area contributed by atoms with Gasteiger partial charge in [-0.05, 0) is 74.3 Å². The van der Waals surface area contributed by atoms with Gasteiger partial charge in [0, 0.05) is 28.5 Å². The fraction of sp³-hybridized carbons (Fsp3) is 0.500. The predicted octanol–water partition coefficient (Wildman–Crippen LogP) is 5.50. The molecule has 1 N–H and O–H groups in total. The van der Waals surface area contributed by atoms with Crippen LogP contribution in [-0.4, -0.2) is 46.9 Å². The van der Waals surface area contributed by atoms with Crippen molar-refractivity contribution in [1.29, 1.82) is 0 Å². The van der Waals surface area contributed by atoms with E-state index in [9.17, 15) is 13.2 Å². The predicted molar refractivity (Wildman–Crippen MR) is 146 cm³/mol. The highest BCUT2D eigenvalue weighted by atomic mass is 32.2. The zero-order valence-corrected chi connectivity index (χ0v) is 23.1. The third-order valence-corrected chi connectivity index (χ3v) is 11.3. The van der Waals surface area contributed by atoms with Crippen LogP contribution in [0.1, 0.15) is 56.4 Å². The Morgan fingerprint density at radius 3 is 2.78 bits per heavy atom. The summed E-state index contributed by atoms with van der Waals surface area (Å²) in [5.41, 5.74) is 1.94. The number of aryl methyl sites for hydroxylation is 1. The number of amides is 1. The summed E-state index contributed by atoms with van der Waals surface area (Å²) in [4.78, 5) is 24.4. The molecule has 3 aromatic rings. The molecule has 0 unspecified atom stereocenters. The molecular formula is C26H32N4O3S3. The average molecular weight is 545 g/mol. The van der Waals surface area contributed by atoms with Crippen molar-refractivity contribution in [2.24, 2.45) is 5.92 Å². The molecule has 36 heavy (non-hydrogen) atoms. The van der Waals surface area contributed by atoms with E-state index in [1.54, 1.807) is 46.2 Å². The van der Waals surface area contributed by atoms with Crippen molar-refractivity contribution in [3.05, 3.63) is 41.0 Å². The number of thiophene rings is 1. The van der Waals surface area contributed by atoms with Gasteiger partial charge in [0.2, 0.25) is 15.9 Å². The lowest BCUT2D eigenvalue weighted by molar-refractivity contribution is -0.113. The zero-order valence-electron chi connectivity index (χ0n) is 20.7. The number of aromatic nitrogens is 2. The summed E-state index contributed by atoms with van der Waals surface area (Å²) in [6.07, 6.45) is 8.57. The summed E-state index contributed by atoms with van der Waals surface area (Å²) in [5, 5.41) is 4.86. The minimum Gasteiger partial charge on any atom is -0.325 e. The fourth-order valence-electron chi connectivity index (χ4n) is 5.23. The number of carbonyl (C=O) groups is 1. The number of hydrogen-bond donors (Lipinski definition) is 1. The molecule has 10 heteroatoms. The molecule has 1 fully saturated rings. The minimum atomic E-state index is -3.54. The lowest BCUT2D eigenvalue weighted by Gasteiger charge is -2.34. The molecule has 1 aliphatic carbocycles. The third kappa shape index (κ3) is 5.18. The van der Waals surface area contributed by atoms with Crippen LogP contribution < -0.4 is 5.32 Å². The van der Waals surface area contributed by atoms with Crippen molar-refractivity contribution in [3.63, 3.8) is 0 Å². The Hall–Kier alpha value is -2.01. The minimum absolute atomic E-state index is 0.0608. The summed E-state index contributed by atoms with van der Waals surface area (Å²) >= 11 is 3.18. The largest absolute Gasteiger partial charge is 0.325 e. The second-order valence-corrected chi connectivity index (χ2v) is 13.7. The number of benzene rings is 1. The number of thioether (sulfide) groups is 1. The van der Waals surface area contributed by atoms with E-state index < -0.39 is 10.0 Å². The molecule has 7 nitrogen and oxygen atoms in total. The Kier molecular flexibility index (Phi) is 7.67. The van der Waals surface area contributed by atoms with Crippen LogP contribution in [0.25, 0.3) is 10.2 Å². The molecule has 0 spiro atoms. The number of piperidine rings is 1. The Morgan fingerprint density at radius 1 is 1.19 bits per heavy atom. The van der Waals surface area contributed by atoms with Gasteiger partial charge >= 0.3 is 0 Å². The molecule has 5 rings (SSSR count). The molecule has 1 aromatic carbocycles. The van der Waals surface area contributed by atoms with Crippen LogP contribution >= 0.6 is 23.1 Å². The van der Waals surface area contributed by atoms with Crippen molar-refractivity contribution < 1.29 is 13.2 Å². The third-order valence-electron chi connectivity index (χ3n) is 7.19. The number of nitrogens with zero attached hydrogens (tertiary/aromatic N) is 3. The second-order valence-electron chi connectivity index (χ2n) is 9.75. The zero-order chi connectivity index (χ0) is 25.3. The maximum atomic E-state index is 13.2. The van der Waals surface area contributed by atoms with E-state index in [2.05, 4.69) is 22.2 Å². The standard InChI is InChI=1S/C26H32N4O3S3/c1-3-19-6-4-5-13-30(19)36(32,33)20-10-8-18(9-11-20)29-23(31)15-34-25-24-21-12-7-17(2)14-22(21)35-26(24)28-16-27-25/h8-11,16-17,19H,3-7,12-15H2,1-2H3,(H,29,31)/t17-,19+/m0/s1. The lowest BCUT2D eigenvalue weighted by atomic mass is 9.89. The second kappa shape index (κ2) is 10.8. The number of carbonyl (C=O) groups excluding carboxylic acids is 1. The van der Waals surface area contributed by atoms with Crippen LogP contribution in [0.3, 0.4) is 0 Å². The smallest absolute Gasteiger partial charge is 0.243 e. The van der Waals surface area contributed by atoms with Crippen LogP contribution in [0.15, 0.2) is 40.5 Å². The van der Waals surface area contributed by atoms with Gasteiger partial charge in [0.25, 0.3) is 0 Å². The molecule has 0 radical (unpaired) electrons. The number of hydrogen-bond acceptors (Lipinski definition) is 7. The highest BCUT2D eigenvalue weighted by Crippen LogP contribution is 2.40. The molecule has 1 amide bonds. The van der Waals surface area contributed by atoms with Gasteiger partial charge in [-0.15, -0.1) is 11.3 Å². The average Bonchev–Trinajstić information content (AvgIpc) is 3.25. The molecule has 3 heterocycles. The van der Waals surface area contributed by atoms with Gasteiger partial charge < -0.3 is 5.32 Å². The van der Waals surface area contributed by atoms with Gasteiger partial charge in [0.1, 0.15) is 16.2 Å². The van der Waals surface area contributed by atoms with Crippen LogP contribution in [-0.2, 0) is 27.7 Å². The first-order valence-corrected chi connectivity index (χ1v) is 15.9. The van der Waals surface area contributed by atoms with E-state index in [1.807, 2.05) is 6.92 Å². The van der Waals surface area contributed by atoms with Crippen LogP contribution in [0.4, 0.5) is 5.69 Å². The topological polar surface area (TPSA) is 92.3 Å². The SMILES string of the molecule is CC[C@@H]1CCCCN1S(=O)(=O)c1ccc(NC(=O)CSc2ncnc3sc4c(c23)CC[C@H](C)C4)cc1. The highest BCUT2D eigenvalue weighted by molar-refractivity contribution is 8.00. The van der Waals surface area contributed by atoms with E-state index in [0.29, 0.717) is 18.2 Å². The van der Waals surface area contributed by atoms with E-state index >= 15 is 0 Å². The van der Waals surface area contributed by atoms with Gasteiger partial charge in [-0.2, -0.15) is 4.31 Å². The molecule has 0 bridgehead atoms. The Bertz CT molecular complexity index is 1350. The van der Waals surface area contributed by atoms with Gasteiger partial charge in [0.15, 0.2) is 0 Å². The highest BCUT2D eigenvalue weighted by Gasteiger charge is 2.32. The van der Waals surface area contributed by atoms with Crippen molar-refractivity contribution in [2.45, 2.75) is 74.8 Å². The van der Waals surface area contributed by atoms with Gasteiger partial charge in [0.05, 0.1) is 10.6 Å². The van der Waals surface area contributed by atoms with Crippen molar-refractivity contribution in [1.82, 2.24) is 14.3 Å². The first-order chi connectivity index (χ1) is 17.4. The van der Waals surface area contributed by atoms with E-state index in [0.717, 1.165) is 53.8 Å². The summed E-state index contributed by atoms with van der Waals surface area (Å²) in [6.45, 7) is 4.89. The normalized spacial score (nSPS) is 20.8. The number of sulfonamides is 1. The Labute approximate surface area is 221 Å². The number of rotatable bonds is 7. The number of anilines is 1. The van der Waals surface area contributed by atoms with Gasteiger partial charge in [-0.3, -0.25) is 4.79 Å². The molecule has 0 saturated carbocycles. The summed E-state index contributed by atoms with van der Waals surface area (Å²) in [5.74, 6) is 0.760. The van der Waals surface area contributed by atoms with Crippen LogP contribution in [0.2, 0.25) is 0 Å².